The summed E-state index contributed by atoms with van der Waals surface area (Å²) in [5.41, 5.74) is 3.00. The molecule has 0 aliphatic rings. The number of H-pyrrole nitrogens is 1. The number of fused-ring (bicyclic) bond motifs is 1. The lowest BCUT2D eigenvalue weighted by molar-refractivity contribution is 0.0994. The van der Waals surface area contributed by atoms with Crippen LogP contribution in [0, 0.1) is 6.92 Å². The van der Waals surface area contributed by atoms with Crippen molar-refractivity contribution in [3.05, 3.63) is 58.6 Å². The number of hydrogen-bond acceptors (Lipinski definition) is 3. The fourth-order valence-electron chi connectivity index (χ4n) is 2.21. The fourth-order valence-corrected chi connectivity index (χ4v) is 2.41. The second-order valence-corrected chi connectivity index (χ2v) is 5.07. The Morgan fingerprint density at radius 3 is 3.00 bits per heavy atom. The van der Waals surface area contributed by atoms with Crippen LogP contribution in [0.25, 0.3) is 11.0 Å². The van der Waals surface area contributed by atoms with Crippen LogP contribution in [-0.2, 0) is 6.42 Å². The number of pyridine rings is 1. The summed E-state index contributed by atoms with van der Waals surface area (Å²) in [7, 11) is 0. The van der Waals surface area contributed by atoms with Gasteiger partial charge in [0.1, 0.15) is 5.82 Å². The molecule has 0 saturated heterocycles. The number of benzene rings is 1. The molecule has 4 nitrogen and oxygen atoms in total. The van der Waals surface area contributed by atoms with Gasteiger partial charge in [0.05, 0.1) is 16.1 Å². The molecule has 0 bridgehead atoms. The smallest absolute Gasteiger partial charge is 0.169 e. The molecule has 0 amide bonds. The number of carbonyl (C=O) groups excluding carboxylic acids is 1. The third kappa shape index (κ3) is 2.42. The van der Waals surface area contributed by atoms with Gasteiger partial charge in [0, 0.05) is 24.4 Å². The molecule has 2 aromatic heterocycles. The lowest BCUT2D eigenvalue weighted by atomic mass is 10.0. The lowest BCUT2D eigenvalue weighted by Gasteiger charge is -2.02. The largest absolute Gasteiger partial charge is 0.342 e. The van der Waals surface area contributed by atoms with Crippen LogP contribution >= 0.6 is 11.6 Å². The summed E-state index contributed by atoms with van der Waals surface area (Å²) in [6.07, 6.45) is 3.46. The first-order valence-electron chi connectivity index (χ1n) is 6.21. The molecule has 5 heteroatoms. The normalized spacial score (nSPS) is 10.9. The number of nitrogens with one attached hydrogen (secondary N) is 1. The number of Topliss-reactive ketones (excluding diaryl/α,β-unsaturated/α-hetero) is 1. The highest BCUT2D eigenvalue weighted by Crippen LogP contribution is 2.19. The van der Waals surface area contributed by atoms with Gasteiger partial charge in [-0.15, -0.1) is 0 Å². The Morgan fingerprint density at radius 1 is 1.35 bits per heavy atom. The van der Waals surface area contributed by atoms with Crippen molar-refractivity contribution >= 4 is 28.4 Å². The highest BCUT2D eigenvalue weighted by Gasteiger charge is 2.13. The lowest BCUT2D eigenvalue weighted by Crippen LogP contribution is -2.04. The van der Waals surface area contributed by atoms with Gasteiger partial charge in [0.2, 0.25) is 0 Å². The van der Waals surface area contributed by atoms with E-state index in [2.05, 4.69) is 15.0 Å². The van der Waals surface area contributed by atoms with Crippen LogP contribution in [0.3, 0.4) is 0 Å². The number of ketones is 1. The summed E-state index contributed by atoms with van der Waals surface area (Å²) in [6.45, 7) is 1.87. The summed E-state index contributed by atoms with van der Waals surface area (Å²) in [6, 6.07) is 7.31. The summed E-state index contributed by atoms with van der Waals surface area (Å²) in [5, 5.41) is 0.532. The molecule has 1 aromatic carbocycles. The van der Waals surface area contributed by atoms with E-state index in [-0.39, 0.29) is 12.2 Å². The fraction of sp³-hybridized carbons (Fsp3) is 0.133. The highest BCUT2D eigenvalue weighted by atomic mass is 35.5. The molecule has 3 rings (SSSR count). The van der Waals surface area contributed by atoms with Gasteiger partial charge in [-0.2, -0.15) is 0 Å². The number of imidazole rings is 1. The Bertz CT molecular complexity index is 795. The monoisotopic (exact) mass is 285 g/mol. The van der Waals surface area contributed by atoms with Gasteiger partial charge in [-0.05, 0) is 30.7 Å². The van der Waals surface area contributed by atoms with Gasteiger partial charge in [0.25, 0.3) is 0 Å². The summed E-state index contributed by atoms with van der Waals surface area (Å²) < 4.78 is 0. The second-order valence-electron chi connectivity index (χ2n) is 4.64. The van der Waals surface area contributed by atoms with Gasteiger partial charge >= 0.3 is 0 Å². The van der Waals surface area contributed by atoms with Gasteiger partial charge in [-0.3, -0.25) is 9.78 Å². The van der Waals surface area contributed by atoms with E-state index in [1.807, 2.05) is 19.1 Å². The zero-order valence-electron chi connectivity index (χ0n) is 10.9. The molecular weight excluding hydrogens is 274 g/mol. The molecule has 100 valence electrons. The van der Waals surface area contributed by atoms with Crippen molar-refractivity contribution in [3.63, 3.8) is 0 Å². The maximum atomic E-state index is 12.4. The first-order chi connectivity index (χ1) is 9.63. The standard InChI is InChI=1S/C15H12ClN3O/c1-9-18-13-4-2-3-12(15(13)19-9)14(20)6-10-5-11(16)8-17-7-10/h2-5,7-8H,6H2,1H3,(H,18,19). The van der Waals surface area contributed by atoms with Crippen LogP contribution in [0.4, 0.5) is 0 Å². The molecule has 2 heterocycles. The molecule has 0 aliphatic heterocycles. The van der Waals surface area contributed by atoms with E-state index in [0.717, 1.165) is 16.9 Å². The Kier molecular flexibility index (Phi) is 3.24. The minimum Gasteiger partial charge on any atom is -0.342 e. The van der Waals surface area contributed by atoms with Gasteiger partial charge in [-0.25, -0.2) is 4.98 Å². The third-order valence-corrected chi connectivity index (χ3v) is 3.26. The van der Waals surface area contributed by atoms with Crippen LogP contribution in [0.2, 0.25) is 5.02 Å². The average Bonchev–Trinajstić information content (AvgIpc) is 2.78. The van der Waals surface area contributed by atoms with Crippen LogP contribution in [0.15, 0.2) is 36.7 Å². The number of aryl methyl sites for hydroxylation is 1. The minimum absolute atomic E-state index is 0.00571. The molecule has 20 heavy (non-hydrogen) atoms. The van der Waals surface area contributed by atoms with Gasteiger partial charge in [-0.1, -0.05) is 17.7 Å². The second kappa shape index (κ2) is 5.06. The van der Waals surface area contributed by atoms with Crippen LogP contribution in [-0.4, -0.2) is 20.7 Å². The van der Waals surface area contributed by atoms with Crippen molar-refractivity contribution in [2.45, 2.75) is 13.3 Å². The number of hydrogen-bond donors (Lipinski definition) is 1. The molecule has 0 aliphatic carbocycles. The molecule has 0 spiro atoms. The van der Waals surface area contributed by atoms with E-state index in [0.29, 0.717) is 16.1 Å². The summed E-state index contributed by atoms with van der Waals surface area (Å²) >= 11 is 5.88. The van der Waals surface area contributed by atoms with E-state index in [4.69, 9.17) is 11.6 Å². The third-order valence-electron chi connectivity index (χ3n) is 3.06. The van der Waals surface area contributed by atoms with E-state index in [9.17, 15) is 4.79 Å². The SMILES string of the molecule is Cc1nc2c(C(=O)Cc3cncc(Cl)c3)cccc2[nH]1. The van der Waals surface area contributed by atoms with E-state index in [1.54, 1.807) is 24.5 Å². The number of aromatic nitrogens is 3. The highest BCUT2D eigenvalue weighted by molar-refractivity contribution is 6.30. The molecule has 0 atom stereocenters. The average molecular weight is 286 g/mol. The van der Waals surface area contributed by atoms with E-state index < -0.39 is 0 Å². The summed E-state index contributed by atoms with van der Waals surface area (Å²) in [4.78, 5) is 23.9. The quantitative estimate of drug-likeness (QED) is 0.751. The van der Waals surface area contributed by atoms with Crippen molar-refractivity contribution < 1.29 is 4.79 Å². The molecule has 1 N–H and O–H groups in total. The zero-order chi connectivity index (χ0) is 14.1. The van der Waals surface area contributed by atoms with Crippen LogP contribution in [0.5, 0.6) is 0 Å². The Balaban J connectivity index is 1.96. The predicted molar refractivity (Wildman–Crippen MR) is 78.1 cm³/mol. The van der Waals surface area contributed by atoms with Crippen molar-refractivity contribution in [1.29, 1.82) is 0 Å². The van der Waals surface area contributed by atoms with Crippen LogP contribution in [0.1, 0.15) is 21.7 Å². The first-order valence-corrected chi connectivity index (χ1v) is 6.59. The molecule has 0 fully saturated rings. The number of halogens is 1. The topological polar surface area (TPSA) is 58.6 Å². The summed E-state index contributed by atoms with van der Waals surface area (Å²) in [5.74, 6) is 0.802. The number of para-hydroxylation sites is 1. The Hall–Kier alpha value is -2.20. The Morgan fingerprint density at radius 2 is 2.20 bits per heavy atom. The number of nitrogens with zero attached hydrogens (tertiary/aromatic N) is 2. The molecule has 0 radical (unpaired) electrons. The molecule has 0 unspecified atom stereocenters. The first kappa shape index (κ1) is 12.8. The van der Waals surface area contributed by atoms with Gasteiger partial charge in [0.15, 0.2) is 5.78 Å². The zero-order valence-corrected chi connectivity index (χ0v) is 11.6. The van der Waals surface area contributed by atoms with Crippen molar-refractivity contribution in [3.8, 4) is 0 Å². The van der Waals surface area contributed by atoms with E-state index >= 15 is 0 Å². The number of rotatable bonds is 3. The molecule has 0 saturated carbocycles. The minimum atomic E-state index is 0.00571. The van der Waals surface area contributed by atoms with E-state index in [1.165, 1.54) is 0 Å². The van der Waals surface area contributed by atoms with Crippen LogP contribution < -0.4 is 0 Å². The van der Waals surface area contributed by atoms with Gasteiger partial charge < -0.3 is 4.98 Å². The maximum Gasteiger partial charge on any atom is 0.169 e. The van der Waals surface area contributed by atoms with Crippen molar-refractivity contribution in [2.24, 2.45) is 0 Å². The molecular formula is C15H12ClN3O. The van der Waals surface area contributed by atoms with Crippen molar-refractivity contribution in [2.75, 3.05) is 0 Å². The molecule has 3 aromatic rings. The number of aromatic amines is 1. The number of carbonyl (C=O) groups is 1. The predicted octanol–water partition coefficient (Wildman–Crippen LogP) is 3.35. The Labute approximate surface area is 120 Å². The maximum absolute atomic E-state index is 12.4. The van der Waals surface area contributed by atoms with Crippen molar-refractivity contribution in [1.82, 2.24) is 15.0 Å².